The van der Waals surface area contributed by atoms with E-state index in [4.69, 9.17) is 15.3 Å². The van der Waals surface area contributed by atoms with Crippen molar-refractivity contribution >= 4 is 0 Å². The maximum Gasteiger partial charge on any atom is 0.118 e. The zero-order valence-corrected chi connectivity index (χ0v) is 12.3. The Balaban J connectivity index is 0.000000327. The first kappa shape index (κ1) is 18.0. The summed E-state index contributed by atoms with van der Waals surface area (Å²) in [5.41, 5.74) is 0.870. The highest BCUT2D eigenvalue weighted by atomic mass is 16.5. The minimum atomic E-state index is 0.435. The molecule has 3 nitrogen and oxygen atoms in total. The van der Waals surface area contributed by atoms with Crippen molar-refractivity contribution < 1.29 is 4.74 Å². The molecule has 0 bridgehead atoms. The molecule has 0 amide bonds. The Hall–Kier alpha value is -3.04. The van der Waals surface area contributed by atoms with E-state index in [1.807, 2.05) is 49.4 Å². The quantitative estimate of drug-likeness (QED) is 0.730. The largest absolute Gasteiger partial charge is 0.497 e. The van der Waals surface area contributed by atoms with Crippen LogP contribution in [-0.2, 0) is 0 Å². The third-order valence-electron chi connectivity index (χ3n) is 2.15. The number of hydrogen-bond donors (Lipinski definition) is 0. The Bertz CT molecular complexity index is 574. The Morgan fingerprint density at radius 3 is 1.57 bits per heavy atom. The van der Waals surface area contributed by atoms with Gasteiger partial charge in [0.15, 0.2) is 0 Å². The average molecular weight is 278 g/mol. The lowest BCUT2D eigenvalue weighted by molar-refractivity contribution is 0.415. The van der Waals surface area contributed by atoms with Crippen molar-refractivity contribution in [2.24, 2.45) is 0 Å². The van der Waals surface area contributed by atoms with Gasteiger partial charge < -0.3 is 4.74 Å². The predicted molar refractivity (Wildman–Crippen MR) is 84.7 cm³/mol. The van der Waals surface area contributed by atoms with Crippen LogP contribution in [-0.4, -0.2) is 7.11 Å². The van der Waals surface area contributed by atoms with Gasteiger partial charge in [0, 0.05) is 0 Å². The Labute approximate surface area is 126 Å². The van der Waals surface area contributed by atoms with Gasteiger partial charge in [0.2, 0.25) is 0 Å². The highest BCUT2D eigenvalue weighted by Crippen LogP contribution is 2.05. The maximum atomic E-state index is 8.45. The Morgan fingerprint density at radius 2 is 1.29 bits per heavy atom. The molecule has 0 heterocycles. The summed E-state index contributed by atoms with van der Waals surface area (Å²) in [5.74, 6) is 0.910. The van der Waals surface area contributed by atoms with Crippen LogP contribution < -0.4 is 4.74 Å². The zero-order chi connectivity index (χ0) is 15.9. The maximum absolute atomic E-state index is 8.45. The monoisotopic (exact) mass is 278 g/mol. The molecule has 21 heavy (non-hydrogen) atoms. The van der Waals surface area contributed by atoms with Crippen LogP contribution in [0.1, 0.15) is 18.1 Å². The summed E-state index contributed by atoms with van der Waals surface area (Å²) in [5, 5.41) is 16.9. The molecule has 0 spiro atoms. The lowest BCUT2D eigenvalue weighted by Crippen LogP contribution is -1.79. The molecule has 0 aliphatic heterocycles. The van der Waals surface area contributed by atoms with Crippen molar-refractivity contribution in [2.75, 3.05) is 7.11 Å². The summed E-state index contributed by atoms with van der Waals surface area (Å²) in [7, 11) is 1.66. The SMILES string of the molecule is C=CC.COc1ccccc1.N#Cc1ccccc1C#N. The molecular formula is C18H18N2O. The summed E-state index contributed by atoms with van der Waals surface area (Å²) in [4.78, 5) is 0. The summed E-state index contributed by atoms with van der Waals surface area (Å²) in [6.45, 7) is 5.25. The highest BCUT2D eigenvalue weighted by molar-refractivity contribution is 5.44. The molecule has 2 aromatic carbocycles. The van der Waals surface area contributed by atoms with Gasteiger partial charge in [-0.25, -0.2) is 0 Å². The number of ether oxygens (including phenoxy) is 1. The standard InChI is InChI=1S/C8H4N2.C7H8O.C3H6/c9-5-7-3-1-2-4-8(7)6-10;1-8-7-5-3-2-4-6-7;1-3-2/h1-4H;2-6H,1H3;3H,1H2,2H3. The molecule has 0 aromatic heterocycles. The molecule has 0 aliphatic carbocycles. The second kappa shape index (κ2) is 12.0. The summed E-state index contributed by atoms with van der Waals surface area (Å²) >= 11 is 0. The molecule has 0 fully saturated rings. The molecule has 3 heteroatoms. The molecule has 106 valence electrons. The Morgan fingerprint density at radius 1 is 0.905 bits per heavy atom. The second-order valence-electron chi connectivity index (χ2n) is 3.69. The molecular weight excluding hydrogens is 260 g/mol. The van der Waals surface area contributed by atoms with Crippen LogP contribution in [0.15, 0.2) is 67.3 Å². The van der Waals surface area contributed by atoms with Crippen molar-refractivity contribution in [1.82, 2.24) is 0 Å². The van der Waals surface area contributed by atoms with Crippen LogP contribution in [0.5, 0.6) is 5.75 Å². The van der Waals surface area contributed by atoms with Gasteiger partial charge in [-0.1, -0.05) is 36.4 Å². The van der Waals surface area contributed by atoms with Crippen molar-refractivity contribution in [3.63, 3.8) is 0 Å². The van der Waals surface area contributed by atoms with Gasteiger partial charge in [0.1, 0.15) is 17.9 Å². The van der Waals surface area contributed by atoms with E-state index < -0.39 is 0 Å². The zero-order valence-electron chi connectivity index (χ0n) is 12.3. The van der Waals surface area contributed by atoms with Gasteiger partial charge in [0.05, 0.1) is 18.2 Å². The first-order valence-corrected chi connectivity index (χ1v) is 6.28. The minimum Gasteiger partial charge on any atom is -0.497 e. The van der Waals surface area contributed by atoms with Crippen LogP contribution in [0.3, 0.4) is 0 Å². The van der Waals surface area contributed by atoms with E-state index in [2.05, 4.69) is 6.58 Å². The van der Waals surface area contributed by atoms with Gasteiger partial charge in [0.25, 0.3) is 0 Å². The molecule has 0 aliphatic rings. The molecule has 0 atom stereocenters. The normalized spacial score (nSPS) is 7.62. The lowest BCUT2D eigenvalue weighted by Gasteiger charge is -1.93. The smallest absolute Gasteiger partial charge is 0.118 e. The summed E-state index contributed by atoms with van der Waals surface area (Å²) < 4.78 is 4.91. The number of rotatable bonds is 1. The van der Waals surface area contributed by atoms with E-state index in [1.54, 1.807) is 37.5 Å². The number of methoxy groups -OCH3 is 1. The number of benzene rings is 2. The third kappa shape index (κ3) is 7.87. The van der Waals surface area contributed by atoms with Crippen LogP contribution in [0, 0.1) is 22.7 Å². The molecule has 2 rings (SSSR count). The van der Waals surface area contributed by atoms with Crippen molar-refractivity contribution in [2.45, 2.75) is 6.92 Å². The first-order chi connectivity index (χ1) is 10.2. The third-order valence-corrected chi connectivity index (χ3v) is 2.15. The van der Waals surface area contributed by atoms with Crippen LogP contribution in [0.4, 0.5) is 0 Å². The van der Waals surface area contributed by atoms with Gasteiger partial charge >= 0.3 is 0 Å². The molecule has 0 radical (unpaired) electrons. The fourth-order valence-electron chi connectivity index (χ4n) is 1.23. The van der Waals surface area contributed by atoms with E-state index in [9.17, 15) is 0 Å². The Kier molecular flexibility index (Phi) is 10.3. The summed E-state index contributed by atoms with van der Waals surface area (Å²) in [6, 6.07) is 20.2. The number of para-hydroxylation sites is 1. The van der Waals surface area contributed by atoms with E-state index in [0.29, 0.717) is 11.1 Å². The second-order valence-corrected chi connectivity index (χ2v) is 3.69. The fraction of sp³-hybridized carbons (Fsp3) is 0.111. The first-order valence-electron chi connectivity index (χ1n) is 6.28. The van der Waals surface area contributed by atoms with Gasteiger partial charge in [-0.3, -0.25) is 0 Å². The van der Waals surface area contributed by atoms with Crippen molar-refractivity contribution in [3.8, 4) is 17.9 Å². The highest BCUT2D eigenvalue weighted by Gasteiger charge is 1.95. The van der Waals surface area contributed by atoms with Crippen LogP contribution >= 0.6 is 0 Å². The topological polar surface area (TPSA) is 56.8 Å². The summed E-state index contributed by atoms with van der Waals surface area (Å²) in [6.07, 6.45) is 1.75. The molecule has 0 saturated carbocycles. The molecule has 2 aromatic rings. The number of allylic oxidation sites excluding steroid dienone is 1. The van der Waals surface area contributed by atoms with Gasteiger partial charge in [-0.15, -0.1) is 6.58 Å². The minimum absolute atomic E-state index is 0.435. The van der Waals surface area contributed by atoms with Gasteiger partial charge in [-0.05, 0) is 31.2 Å². The predicted octanol–water partition coefficient (Wildman–Crippen LogP) is 4.32. The molecule has 0 saturated heterocycles. The van der Waals surface area contributed by atoms with E-state index >= 15 is 0 Å². The number of hydrogen-bond acceptors (Lipinski definition) is 3. The number of nitrogens with zero attached hydrogens (tertiary/aromatic N) is 2. The lowest BCUT2D eigenvalue weighted by atomic mass is 10.1. The fourth-order valence-corrected chi connectivity index (χ4v) is 1.23. The van der Waals surface area contributed by atoms with Crippen LogP contribution in [0.25, 0.3) is 0 Å². The number of nitriles is 2. The molecule has 0 unspecified atom stereocenters. The molecule has 0 N–H and O–H groups in total. The van der Waals surface area contributed by atoms with E-state index in [-0.39, 0.29) is 0 Å². The van der Waals surface area contributed by atoms with Crippen molar-refractivity contribution in [1.29, 1.82) is 10.5 Å². The van der Waals surface area contributed by atoms with Crippen LogP contribution in [0.2, 0.25) is 0 Å². The average Bonchev–Trinajstić information content (AvgIpc) is 2.56. The van der Waals surface area contributed by atoms with Gasteiger partial charge in [-0.2, -0.15) is 10.5 Å². The van der Waals surface area contributed by atoms with E-state index in [0.717, 1.165) is 5.75 Å². The van der Waals surface area contributed by atoms with E-state index in [1.165, 1.54) is 0 Å². The van der Waals surface area contributed by atoms with Crippen molar-refractivity contribution in [3.05, 3.63) is 78.4 Å².